The fourth-order valence-electron chi connectivity index (χ4n) is 2.90. The lowest BCUT2D eigenvalue weighted by Gasteiger charge is -2.21. The van der Waals surface area contributed by atoms with E-state index in [0.717, 1.165) is 29.2 Å². The molecule has 1 atom stereocenters. The second-order valence-corrected chi connectivity index (χ2v) is 6.53. The second kappa shape index (κ2) is 5.66. The van der Waals surface area contributed by atoms with E-state index in [1.807, 2.05) is 30.5 Å². The zero-order valence-electron chi connectivity index (χ0n) is 12.6. The summed E-state index contributed by atoms with van der Waals surface area (Å²) in [6.45, 7) is 2.56. The van der Waals surface area contributed by atoms with E-state index in [1.54, 1.807) is 22.3 Å². The van der Waals surface area contributed by atoms with Crippen LogP contribution in [0.2, 0.25) is 0 Å². The molecule has 118 valence electrons. The molecule has 6 nitrogen and oxygen atoms in total. The van der Waals surface area contributed by atoms with Gasteiger partial charge in [-0.15, -0.1) is 11.3 Å². The smallest absolute Gasteiger partial charge is 0.276 e. The summed E-state index contributed by atoms with van der Waals surface area (Å²) in [6, 6.07) is 7.39. The van der Waals surface area contributed by atoms with Crippen LogP contribution in [0.15, 0.2) is 38.7 Å². The maximum atomic E-state index is 12.8. The fraction of sp³-hybridized carbons (Fsp3) is 0.312. The molecule has 1 saturated heterocycles. The number of hydrogen-bond donors (Lipinski definition) is 0. The lowest BCUT2D eigenvalue weighted by atomic mass is 10.1. The molecule has 0 N–H and O–H groups in total. The molecule has 4 heterocycles. The number of hydrogen-bond acceptors (Lipinski definition) is 6. The topological polar surface area (TPSA) is 72.4 Å². The van der Waals surface area contributed by atoms with Crippen molar-refractivity contribution in [3.05, 3.63) is 46.8 Å². The first-order valence-electron chi connectivity index (χ1n) is 7.47. The summed E-state index contributed by atoms with van der Waals surface area (Å²) in [5.41, 5.74) is 1.15. The molecule has 3 aromatic heterocycles. The average molecular weight is 329 g/mol. The summed E-state index contributed by atoms with van der Waals surface area (Å²) in [4.78, 5) is 15.5. The van der Waals surface area contributed by atoms with E-state index in [1.165, 1.54) is 0 Å². The molecule has 0 saturated carbocycles. The lowest BCUT2D eigenvalue weighted by molar-refractivity contribution is 0.0704. The summed E-state index contributed by atoms with van der Waals surface area (Å²) in [7, 11) is 0. The third kappa shape index (κ3) is 2.57. The van der Waals surface area contributed by atoms with Gasteiger partial charge in [0, 0.05) is 18.7 Å². The number of aromatic nitrogens is 2. The van der Waals surface area contributed by atoms with Gasteiger partial charge in [-0.2, -0.15) is 0 Å². The van der Waals surface area contributed by atoms with Gasteiger partial charge in [0.2, 0.25) is 0 Å². The molecule has 1 amide bonds. The van der Waals surface area contributed by atoms with Crippen LogP contribution in [0.3, 0.4) is 0 Å². The molecule has 1 aliphatic heterocycles. The highest BCUT2D eigenvalue weighted by atomic mass is 32.1. The van der Waals surface area contributed by atoms with Crippen LogP contribution in [0.25, 0.3) is 10.6 Å². The number of nitrogens with zero attached hydrogens (tertiary/aromatic N) is 3. The fourth-order valence-corrected chi connectivity index (χ4v) is 3.58. The number of carbonyl (C=O) groups excluding carboxylic acids is 1. The second-order valence-electron chi connectivity index (χ2n) is 5.58. The van der Waals surface area contributed by atoms with Gasteiger partial charge in [-0.3, -0.25) is 4.79 Å². The summed E-state index contributed by atoms with van der Waals surface area (Å²) in [6.07, 6.45) is 1.81. The number of thiophene rings is 1. The van der Waals surface area contributed by atoms with Crippen LogP contribution in [-0.4, -0.2) is 27.7 Å². The molecule has 1 fully saturated rings. The van der Waals surface area contributed by atoms with Gasteiger partial charge < -0.3 is 13.9 Å². The van der Waals surface area contributed by atoms with Gasteiger partial charge in [-0.25, -0.2) is 0 Å². The van der Waals surface area contributed by atoms with E-state index in [-0.39, 0.29) is 11.9 Å². The van der Waals surface area contributed by atoms with Crippen LogP contribution < -0.4 is 0 Å². The molecule has 0 aliphatic carbocycles. The molecule has 0 radical (unpaired) electrons. The zero-order valence-corrected chi connectivity index (χ0v) is 13.4. The van der Waals surface area contributed by atoms with Crippen molar-refractivity contribution in [3.63, 3.8) is 0 Å². The highest BCUT2D eigenvalue weighted by Gasteiger charge is 2.34. The lowest BCUT2D eigenvalue weighted by Crippen LogP contribution is -2.30. The van der Waals surface area contributed by atoms with Crippen LogP contribution in [0, 0.1) is 6.92 Å². The molecule has 0 unspecified atom stereocenters. The maximum Gasteiger partial charge on any atom is 0.276 e. The van der Waals surface area contributed by atoms with Crippen LogP contribution in [-0.2, 0) is 0 Å². The minimum Gasteiger partial charge on any atom is -0.359 e. The highest BCUT2D eigenvalue weighted by Crippen LogP contribution is 2.34. The van der Waals surface area contributed by atoms with Crippen molar-refractivity contribution in [2.75, 3.05) is 6.54 Å². The molecular weight excluding hydrogens is 314 g/mol. The minimum atomic E-state index is -0.131. The first kappa shape index (κ1) is 14.2. The molecule has 4 rings (SSSR count). The number of amides is 1. The largest absolute Gasteiger partial charge is 0.359 e. The maximum absolute atomic E-state index is 12.8. The normalized spacial score (nSPS) is 17.8. The molecule has 1 aliphatic rings. The molecule has 7 heteroatoms. The Morgan fingerprint density at radius 2 is 2.26 bits per heavy atom. The number of carbonyl (C=O) groups is 1. The molecule has 23 heavy (non-hydrogen) atoms. The van der Waals surface area contributed by atoms with E-state index < -0.39 is 0 Å². The van der Waals surface area contributed by atoms with Gasteiger partial charge in [0.15, 0.2) is 17.2 Å². The van der Waals surface area contributed by atoms with Crippen molar-refractivity contribution in [1.29, 1.82) is 0 Å². The minimum absolute atomic E-state index is 0.0782. The van der Waals surface area contributed by atoms with Crippen molar-refractivity contribution in [2.45, 2.75) is 25.8 Å². The number of aryl methyl sites for hydroxylation is 1. The monoisotopic (exact) mass is 329 g/mol. The first-order valence-corrected chi connectivity index (χ1v) is 8.35. The highest BCUT2D eigenvalue weighted by molar-refractivity contribution is 7.13. The number of likely N-dealkylation sites (tertiary alicyclic amines) is 1. The predicted octanol–water partition coefficient (Wildman–Crippen LogP) is 3.68. The molecular formula is C16H15N3O3S. The Kier molecular flexibility index (Phi) is 3.49. The van der Waals surface area contributed by atoms with Gasteiger partial charge in [0.25, 0.3) is 5.91 Å². The van der Waals surface area contributed by atoms with E-state index in [4.69, 9.17) is 9.05 Å². The van der Waals surface area contributed by atoms with Crippen molar-refractivity contribution in [2.24, 2.45) is 0 Å². The van der Waals surface area contributed by atoms with Crippen LogP contribution >= 0.6 is 11.3 Å². The number of rotatable bonds is 3. The van der Waals surface area contributed by atoms with E-state index in [2.05, 4.69) is 10.3 Å². The Morgan fingerprint density at radius 1 is 1.35 bits per heavy atom. The molecule has 3 aromatic rings. The van der Waals surface area contributed by atoms with Crippen molar-refractivity contribution >= 4 is 17.2 Å². The Bertz CT molecular complexity index is 821. The van der Waals surface area contributed by atoms with E-state index in [9.17, 15) is 4.79 Å². The quantitative estimate of drug-likeness (QED) is 0.733. The summed E-state index contributed by atoms with van der Waals surface area (Å²) < 4.78 is 10.7. The van der Waals surface area contributed by atoms with Gasteiger partial charge >= 0.3 is 0 Å². The summed E-state index contributed by atoms with van der Waals surface area (Å²) in [5, 5.41) is 9.82. The third-order valence-corrected chi connectivity index (χ3v) is 4.87. The Morgan fingerprint density at radius 3 is 3.00 bits per heavy atom. The first-order chi connectivity index (χ1) is 11.2. The molecule has 0 spiro atoms. The van der Waals surface area contributed by atoms with E-state index in [0.29, 0.717) is 18.0 Å². The SMILES string of the molecule is Cc1cc([C@H]2CCCN2C(=O)c2cc(-c3cccs3)on2)on1. The zero-order chi connectivity index (χ0) is 15.8. The summed E-state index contributed by atoms with van der Waals surface area (Å²) >= 11 is 1.55. The Hall–Kier alpha value is -2.41. The summed E-state index contributed by atoms with van der Waals surface area (Å²) in [5.74, 6) is 1.22. The van der Waals surface area contributed by atoms with Crippen LogP contribution in [0.5, 0.6) is 0 Å². The van der Waals surface area contributed by atoms with Gasteiger partial charge in [-0.1, -0.05) is 16.4 Å². The third-order valence-electron chi connectivity index (χ3n) is 3.98. The Balaban J connectivity index is 1.58. The predicted molar refractivity (Wildman–Crippen MR) is 84.1 cm³/mol. The van der Waals surface area contributed by atoms with E-state index >= 15 is 0 Å². The average Bonchev–Trinajstić information content (AvgIpc) is 3.31. The van der Waals surface area contributed by atoms with Crippen molar-refractivity contribution in [3.8, 4) is 10.6 Å². The van der Waals surface area contributed by atoms with Crippen molar-refractivity contribution < 1.29 is 13.8 Å². The molecule has 0 bridgehead atoms. The molecule has 0 aromatic carbocycles. The van der Waals surface area contributed by atoms with Crippen molar-refractivity contribution in [1.82, 2.24) is 15.2 Å². The van der Waals surface area contributed by atoms with Crippen LogP contribution in [0.1, 0.15) is 40.8 Å². The van der Waals surface area contributed by atoms with Gasteiger partial charge in [0.1, 0.15) is 0 Å². The van der Waals surface area contributed by atoms with Gasteiger partial charge in [0.05, 0.1) is 16.6 Å². The Labute approximate surface area is 136 Å². The van der Waals surface area contributed by atoms with Crippen LogP contribution in [0.4, 0.5) is 0 Å². The standard InChI is InChI=1S/C16H15N3O3S/c1-10-8-13(21-17-10)12-4-2-6-19(12)16(20)11-9-14(22-18-11)15-5-3-7-23-15/h3,5,7-9,12H,2,4,6H2,1H3/t12-/m1/s1. The van der Waals surface area contributed by atoms with Gasteiger partial charge in [-0.05, 0) is 31.2 Å².